The lowest BCUT2D eigenvalue weighted by molar-refractivity contribution is 0.102. The highest BCUT2D eigenvalue weighted by Crippen LogP contribution is 2.31. The Morgan fingerprint density at radius 2 is 1.80 bits per heavy atom. The molecule has 0 spiro atoms. The lowest BCUT2D eigenvalue weighted by Gasteiger charge is -2.26. The molecule has 1 aliphatic heterocycles. The van der Waals surface area contributed by atoms with Crippen LogP contribution in [0.3, 0.4) is 0 Å². The van der Waals surface area contributed by atoms with Crippen molar-refractivity contribution in [2.24, 2.45) is 0 Å². The van der Waals surface area contributed by atoms with Crippen LogP contribution in [0.15, 0.2) is 30.6 Å². The third kappa shape index (κ3) is 3.81. The van der Waals surface area contributed by atoms with Gasteiger partial charge in [-0.3, -0.25) is 4.79 Å². The van der Waals surface area contributed by atoms with Gasteiger partial charge in [-0.25, -0.2) is 9.97 Å². The smallest absolute Gasteiger partial charge is 0.259 e. The molecule has 7 nitrogen and oxygen atoms in total. The van der Waals surface area contributed by atoms with E-state index >= 15 is 0 Å². The Hall–Kier alpha value is -2.83. The van der Waals surface area contributed by atoms with Crippen molar-refractivity contribution in [2.75, 3.05) is 37.5 Å². The van der Waals surface area contributed by atoms with Gasteiger partial charge in [0.05, 0.1) is 37.9 Å². The number of hydrogen-bond donors (Lipinski definition) is 1. The zero-order valence-corrected chi connectivity index (χ0v) is 14.5. The highest BCUT2D eigenvalue weighted by Gasteiger charge is 2.17. The van der Waals surface area contributed by atoms with Gasteiger partial charge in [0.15, 0.2) is 11.5 Å². The minimum Gasteiger partial charge on any atom is -0.493 e. The molecule has 1 fully saturated rings. The van der Waals surface area contributed by atoms with Crippen molar-refractivity contribution in [3.8, 4) is 11.5 Å². The molecule has 0 aliphatic carbocycles. The second-order valence-corrected chi connectivity index (χ2v) is 5.81. The van der Waals surface area contributed by atoms with Gasteiger partial charge in [0, 0.05) is 13.1 Å². The third-order valence-corrected chi connectivity index (χ3v) is 4.18. The first-order valence-electron chi connectivity index (χ1n) is 8.32. The molecular formula is C18H22N4O3. The molecule has 132 valence electrons. The van der Waals surface area contributed by atoms with Crippen LogP contribution < -0.4 is 19.7 Å². The molecule has 1 saturated heterocycles. The van der Waals surface area contributed by atoms with Gasteiger partial charge in [0.25, 0.3) is 5.91 Å². The van der Waals surface area contributed by atoms with E-state index in [1.54, 1.807) is 30.6 Å². The number of benzene rings is 1. The second kappa shape index (κ2) is 7.83. The SMILES string of the molecule is COc1cccc(C(=O)Nc2cnc(N3CCCCC3)nc2)c1OC. The number of amides is 1. The van der Waals surface area contributed by atoms with Crippen LogP contribution in [-0.4, -0.2) is 43.2 Å². The number of rotatable bonds is 5. The van der Waals surface area contributed by atoms with E-state index in [4.69, 9.17) is 9.47 Å². The molecule has 0 unspecified atom stereocenters. The van der Waals surface area contributed by atoms with E-state index in [9.17, 15) is 4.79 Å². The third-order valence-electron chi connectivity index (χ3n) is 4.18. The zero-order valence-electron chi connectivity index (χ0n) is 14.5. The molecule has 7 heteroatoms. The van der Waals surface area contributed by atoms with Gasteiger partial charge in [-0.15, -0.1) is 0 Å². The molecule has 1 aliphatic rings. The molecule has 25 heavy (non-hydrogen) atoms. The van der Waals surface area contributed by atoms with Crippen LogP contribution in [0.2, 0.25) is 0 Å². The number of ether oxygens (including phenoxy) is 2. The molecule has 0 atom stereocenters. The maximum atomic E-state index is 12.5. The van der Waals surface area contributed by atoms with Gasteiger partial charge in [0.1, 0.15) is 0 Å². The van der Waals surface area contributed by atoms with Crippen molar-refractivity contribution < 1.29 is 14.3 Å². The van der Waals surface area contributed by atoms with Crippen molar-refractivity contribution in [1.82, 2.24) is 9.97 Å². The van der Waals surface area contributed by atoms with Gasteiger partial charge in [-0.2, -0.15) is 0 Å². The van der Waals surface area contributed by atoms with E-state index in [-0.39, 0.29) is 5.91 Å². The van der Waals surface area contributed by atoms with E-state index < -0.39 is 0 Å². The van der Waals surface area contributed by atoms with Crippen LogP contribution in [0.5, 0.6) is 11.5 Å². The Labute approximate surface area is 147 Å². The van der Waals surface area contributed by atoms with Crippen molar-refractivity contribution in [2.45, 2.75) is 19.3 Å². The average molecular weight is 342 g/mol. The van der Waals surface area contributed by atoms with Gasteiger partial charge >= 0.3 is 0 Å². The van der Waals surface area contributed by atoms with Crippen molar-refractivity contribution in [1.29, 1.82) is 0 Å². The number of carbonyl (C=O) groups is 1. The van der Waals surface area contributed by atoms with Crippen LogP contribution in [0, 0.1) is 0 Å². The second-order valence-electron chi connectivity index (χ2n) is 5.81. The number of para-hydroxylation sites is 1. The summed E-state index contributed by atoms with van der Waals surface area (Å²) < 4.78 is 10.5. The van der Waals surface area contributed by atoms with E-state index in [1.807, 2.05) is 0 Å². The first-order valence-corrected chi connectivity index (χ1v) is 8.32. The van der Waals surface area contributed by atoms with Gasteiger partial charge in [-0.05, 0) is 31.4 Å². The summed E-state index contributed by atoms with van der Waals surface area (Å²) in [7, 11) is 3.04. The molecule has 1 aromatic carbocycles. The van der Waals surface area contributed by atoms with E-state index in [0.29, 0.717) is 28.7 Å². The fourth-order valence-electron chi connectivity index (χ4n) is 2.91. The fourth-order valence-corrected chi connectivity index (χ4v) is 2.91. The van der Waals surface area contributed by atoms with Crippen LogP contribution in [0.4, 0.5) is 11.6 Å². The minimum absolute atomic E-state index is 0.301. The normalized spacial score (nSPS) is 14.1. The number of carbonyl (C=O) groups excluding carboxylic acids is 1. The maximum Gasteiger partial charge on any atom is 0.259 e. The van der Waals surface area contributed by atoms with E-state index in [1.165, 1.54) is 20.6 Å². The number of methoxy groups -OCH3 is 2. The van der Waals surface area contributed by atoms with Gasteiger partial charge in [-0.1, -0.05) is 6.07 Å². The van der Waals surface area contributed by atoms with Gasteiger partial charge in [0.2, 0.25) is 5.95 Å². The molecule has 0 bridgehead atoms. The largest absolute Gasteiger partial charge is 0.493 e. The highest BCUT2D eigenvalue weighted by molar-refractivity contribution is 6.06. The van der Waals surface area contributed by atoms with Gasteiger partial charge < -0.3 is 19.7 Å². The summed E-state index contributed by atoms with van der Waals surface area (Å²) in [6.45, 7) is 1.96. The minimum atomic E-state index is -0.301. The number of nitrogens with one attached hydrogen (secondary N) is 1. The Balaban J connectivity index is 1.73. The summed E-state index contributed by atoms with van der Waals surface area (Å²) >= 11 is 0. The first-order chi connectivity index (χ1) is 12.2. The van der Waals surface area contributed by atoms with Crippen LogP contribution in [0.25, 0.3) is 0 Å². The van der Waals surface area contributed by atoms with Crippen molar-refractivity contribution in [3.05, 3.63) is 36.2 Å². The van der Waals surface area contributed by atoms with Crippen LogP contribution in [-0.2, 0) is 0 Å². The predicted molar refractivity (Wildman–Crippen MR) is 95.6 cm³/mol. The highest BCUT2D eigenvalue weighted by atomic mass is 16.5. The molecule has 1 aromatic heterocycles. The number of nitrogens with zero attached hydrogens (tertiary/aromatic N) is 3. The zero-order chi connectivity index (χ0) is 17.6. The molecule has 0 radical (unpaired) electrons. The summed E-state index contributed by atoms with van der Waals surface area (Å²) in [4.78, 5) is 23.4. The van der Waals surface area contributed by atoms with E-state index in [2.05, 4.69) is 20.2 Å². The summed E-state index contributed by atoms with van der Waals surface area (Å²) in [6.07, 6.45) is 6.84. The quantitative estimate of drug-likeness (QED) is 0.900. The first kappa shape index (κ1) is 17.0. The predicted octanol–water partition coefficient (Wildman–Crippen LogP) is 2.74. The van der Waals surface area contributed by atoms with E-state index in [0.717, 1.165) is 25.9 Å². The van der Waals surface area contributed by atoms with Crippen LogP contribution >= 0.6 is 0 Å². The Bertz CT molecular complexity index is 728. The Morgan fingerprint density at radius 3 is 2.44 bits per heavy atom. The summed E-state index contributed by atoms with van der Waals surface area (Å²) in [5.74, 6) is 1.31. The van der Waals surface area contributed by atoms with Crippen LogP contribution in [0.1, 0.15) is 29.6 Å². The van der Waals surface area contributed by atoms with Crippen molar-refractivity contribution in [3.63, 3.8) is 0 Å². The Morgan fingerprint density at radius 1 is 1.08 bits per heavy atom. The number of anilines is 2. The molecule has 2 heterocycles. The number of piperidine rings is 1. The molecule has 3 rings (SSSR count). The molecular weight excluding hydrogens is 320 g/mol. The molecule has 1 N–H and O–H groups in total. The summed E-state index contributed by atoms with van der Waals surface area (Å²) in [5.41, 5.74) is 0.928. The lowest BCUT2D eigenvalue weighted by atomic mass is 10.1. The fraction of sp³-hybridized carbons (Fsp3) is 0.389. The Kier molecular flexibility index (Phi) is 5.33. The average Bonchev–Trinajstić information content (AvgIpc) is 2.68. The molecule has 2 aromatic rings. The number of hydrogen-bond acceptors (Lipinski definition) is 6. The number of aromatic nitrogens is 2. The monoisotopic (exact) mass is 342 g/mol. The molecule has 0 saturated carbocycles. The lowest BCUT2D eigenvalue weighted by Crippen LogP contribution is -2.30. The standard InChI is InChI=1S/C18H22N4O3/c1-24-15-8-6-7-14(16(15)25-2)17(23)21-13-11-19-18(20-12-13)22-9-4-3-5-10-22/h6-8,11-12H,3-5,9-10H2,1-2H3,(H,21,23). The summed E-state index contributed by atoms with van der Waals surface area (Å²) in [5, 5.41) is 2.80. The topological polar surface area (TPSA) is 76.6 Å². The summed E-state index contributed by atoms with van der Waals surface area (Å²) in [6, 6.07) is 5.16. The maximum absolute atomic E-state index is 12.5. The molecule has 1 amide bonds. The van der Waals surface area contributed by atoms with Crippen molar-refractivity contribution >= 4 is 17.5 Å².